The van der Waals surface area contributed by atoms with Gasteiger partial charge in [-0.05, 0) is 30.7 Å². The lowest BCUT2D eigenvalue weighted by Gasteiger charge is -2.31. The smallest absolute Gasteiger partial charge is 0.267 e. The molecule has 0 radical (unpaired) electrons. The highest BCUT2D eigenvalue weighted by Gasteiger charge is 2.26. The zero-order valence-electron chi connectivity index (χ0n) is 11.2. The van der Waals surface area contributed by atoms with Crippen molar-refractivity contribution < 1.29 is 9.90 Å². The van der Waals surface area contributed by atoms with Crippen LogP contribution in [0.5, 0.6) is 0 Å². The molecule has 0 spiro atoms. The lowest BCUT2D eigenvalue weighted by Crippen LogP contribution is -2.37. The molecule has 3 N–H and O–H groups in total. The van der Waals surface area contributed by atoms with Gasteiger partial charge in [-0.15, -0.1) is 0 Å². The number of aromatic nitrogens is 1. The summed E-state index contributed by atoms with van der Waals surface area (Å²) in [6.07, 6.45) is 2.47. The highest BCUT2D eigenvalue weighted by atomic mass is 35.5. The minimum atomic E-state index is -0.238. The Balaban J connectivity index is 2.66. The predicted octanol–water partition coefficient (Wildman–Crippen LogP) is 3.24. The van der Waals surface area contributed by atoms with Crippen molar-refractivity contribution in [1.29, 1.82) is 0 Å². The lowest BCUT2D eigenvalue weighted by atomic mass is 9.79. The molecular weight excluding hydrogens is 287 g/mol. The molecular formula is C13H20Cl2N2O2. The molecule has 0 unspecified atom stereocenters. The van der Waals surface area contributed by atoms with E-state index in [1.54, 1.807) is 0 Å². The molecule has 0 bridgehead atoms. The van der Waals surface area contributed by atoms with Crippen molar-refractivity contribution in [2.75, 3.05) is 13.2 Å². The summed E-state index contributed by atoms with van der Waals surface area (Å²) in [7, 11) is 0. The van der Waals surface area contributed by atoms with E-state index in [1.807, 2.05) is 0 Å². The zero-order valence-corrected chi connectivity index (χ0v) is 12.7. The number of hydrogen-bond donors (Lipinski definition) is 3. The van der Waals surface area contributed by atoms with Gasteiger partial charge in [0.15, 0.2) is 0 Å². The Morgan fingerprint density at radius 1 is 1.42 bits per heavy atom. The number of aliphatic hydroxyl groups excluding tert-OH is 1. The van der Waals surface area contributed by atoms with Crippen molar-refractivity contribution in [3.8, 4) is 0 Å². The molecule has 0 saturated heterocycles. The number of aromatic amines is 1. The molecule has 6 heteroatoms. The molecule has 0 saturated carbocycles. The van der Waals surface area contributed by atoms with Gasteiger partial charge in [0.25, 0.3) is 5.91 Å². The van der Waals surface area contributed by atoms with Crippen LogP contribution in [0.1, 0.15) is 43.6 Å². The molecule has 108 valence electrons. The maximum atomic E-state index is 12.0. The molecule has 0 aliphatic heterocycles. The summed E-state index contributed by atoms with van der Waals surface area (Å²) >= 11 is 11.6. The summed E-state index contributed by atoms with van der Waals surface area (Å²) in [6, 6.07) is 1.50. The van der Waals surface area contributed by atoms with Gasteiger partial charge in [-0.2, -0.15) is 0 Å². The Labute approximate surface area is 123 Å². The van der Waals surface area contributed by atoms with E-state index in [0.29, 0.717) is 23.7 Å². The van der Waals surface area contributed by atoms with E-state index in [0.717, 1.165) is 12.8 Å². The minimum absolute atomic E-state index is 0.0649. The molecule has 0 aromatic carbocycles. The third-order valence-electron chi connectivity index (χ3n) is 3.74. The molecule has 1 aromatic heterocycles. The first kappa shape index (κ1) is 16.3. The van der Waals surface area contributed by atoms with Crippen molar-refractivity contribution in [2.24, 2.45) is 5.41 Å². The molecule has 1 amide bonds. The average molecular weight is 307 g/mol. The van der Waals surface area contributed by atoms with E-state index in [2.05, 4.69) is 24.1 Å². The number of H-pyrrole nitrogens is 1. The number of carbonyl (C=O) groups is 1. The molecule has 1 heterocycles. The monoisotopic (exact) mass is 306 g/mol. The van der Waals surface area contributed by atoms with E-state index < -0.39 is 0 Å². The van der Waals surface area contributed by atoms with Crippen LogP contribution in [-0.4, -0.2) is 29.1 Å². The first-order chi connectivity index (χ1) is 8.98. The van der Waals surface area contributed by atoms with Gasteiger partial charge in [0.1, 0.15) is 10.8 Å². The van der Waals surface area contributed by atoms with Gasteiger partial charge < -0.3 is 15.4 Å². The van der Waals surface area contributed by atoms with Crippen LogP contribution < -0.4 is 5.32 Å². The maximum absolute atomic E-state index is 12.0. The van der Waals surface area contributed by atoms with E-state index in [4.69, 9.17) is 28.3 Å². The van der Waals surface area contributed by atoms with Gasteiger partial charge in [0, 0.05) is 13.2 Å². The fraction of sp³-hybridized carbons (Fsp3) is 0.615. The van der Waals surface area contributed by atoms with Crippen LogP contribution in [0.4, 0.5) is 0 Å². The summed E-state index contributed by atoms with van der Waals surface area (Å²) in [5.41, 5.74) is 0.282. The maximum Gasteiger partial charge on any atom is 0.267 e. The van der Waals surface area contributed by atoms with Crippen molar-refractivity contribution in [3.63, 3.8) is 0 Å². The third kappa shape index (κ3) is 4.13. The van der Waals surface area contributed by atoms with Gasteiger partial charge in [0.2, 0.25) is 0 Å². The van der Waals surface area contributed by atoms with Crippen LogP contribution in [0, 0.1) is 5.41 Å². The second-order valence-corrected chi connectivity index (χ2v) is 5.49. The van der Waals surface area contributed by atoms with E-state index >= 15 is 0 Å². The average Bonchev–Trinajstić information content (AvgIpc) is 2.74. The highest BCUT2D eigenvalue weighted by Crippen LogP contribution is 2.29. The second-order valence-electron chi connectivity index (χ2n) is 4.71. The zero-order chi connectivity index (χ0) is 14.5. The number of halogens is 2. The molecule has 1 rings (SSSR count). The lowest BCUT2D eigenvalue weighted by molar-refractivity contribution is 0.0903. The number of nitrogens with one attached hydrogen (secondary N) is 2. The summed E-state index contributed by atoms with van der Waals surface area (Å²) in [5.74, 6) is -0.238. The summed E-state index contributed by atoms with van der Waals surface area (Å²) in [5, 5.41) is 12.6. The molecule has 19 heavy (non-hydrogen) atoms. The summed E-state index contributed by atoms with van der Waals surface area (Å²) in [6.45, 7) is 4.77. The Morgan fingerprint density at radius 3 is 2.47 bits per heavy atom. The van der Waals surface area contributed by atoms with Crippen molar-refractivity contribution in [2.45, 2.75) is 33.1 Å². The Bertz CT molecular complexity index is 409. The standard InChI is InChI=1S/C13H20Cl2N2O2/c1-3-13(4-2,5-6-18)8-16-12(19)10-7-9(14)11(15)17-10/h7,17-18H,3-6,8H2,1-2H3,(H,16,19). The van der Waals surface area contributed by atoms with Crippen LogP contribution in [0.25, 0.3) is 0 Å². The van der Waals surface area contributed by atoms with Crippen molar-refractivity contribution in [3.05, 3.63) is 21.9 Å². The van der Waals surface area contributed by atoms with Gasteiger partial charge in [-0.1, -0.05) is 37.0 Å². The Hall–Kier alpha value is -0.710. The molecule has 1 aromatic rings. The van der Waals surface area contributed by atoms with Gasteiger partial charge in [-0.3, -0.25) is 4.79 Å². The molecule has 0 aliphatic carbocycles. The predicted molar refractivity (Wildman–Crippen MR) is 77.9 cm³/mol. The van der Waals surface area contributed by atoms with Crippen LogP contribution >= 0.6 is 23.2 Å². The first-order valence-corrected chi connectivity index (χ1v) is 7.16. The summed E-state index contributed by atoms with van der Waals surface area (Å²) in [4.78, 5) is 14.7. The highest BCUT2D eigenvalue weighted by molar-refractivity contribution is 6.41. The number of amides is 1. The largest absolute Gasteiger partial charge is 0.396 e. The SMILES string of the molecule is CCC(CC)(CCO)CNC(=O)c1cc(Cl)c(Cl)[nH]1. The number of hydrogen-bond acceptors (Lipinski definition) is 2. The molecule has 0 fully saturated rings. The minimum Gasteiger partial charge on any atom is -0.396 e. The van der Waals surface area contributed by atoms with E-state index in [9.17, 15) is 4.79 Å². The molecule has 0 atom stereocenters. The van der Waals surface area contributed by atoms with E-state index in [1.165, 1.54) is 6.07 Å². The van der Waals surface area contributed by atoms with Crippen molar-refractivity contribution >= 4 is 29.1 Å². The quantitative estimate of drug-likeness (QED) is 0.724. The Morgan fingerprint density at radius 2 is 2.05 bits per heavy atom. The first-order valence-electron chi connectivity index (χ1n) is 6.41. The molecule has 0 aliphatic rings. The van der Waals surface area contributed by atoms with Gasteiger partial charge in [0.05, 0.1) is 5.02 Å². The van der Waals surface area contributed by atoms with Crippen LogP contribution in [0.2, 0.25) is 10.2 Å². The van der Waals surface area contributed by atoms with E-state index in [-0.39, 0.29) is 23.1 Å². The fourth-order valence-electron chi connectivity index (χ4n) is 2.07. The Kier molecular flexibility index (Phi) is 6.17. The summed E-state index contributed by atoms with van der Waals surface area (Å²) < 4.78 is 0. The van der Waals surface area contributed by atoms with Crippen LogP contribution in [0.15, 0.2) is 6.07 Å². The van der Waals surface area contributed by atoms with Gasteiger partial charge >= 0.3 is 0 Å². The number of carbonyl (C=O) groups excluding carboxylic acids is 1. The topological polar surface area (TPSA) is 65.1 Å². The number of aliphatic hydroxyl groups is 1. The van der Waals surface area contributed by atoms with Gasteiger partial charge in [-0.25, -0.2) is 0 Å². The molecule has 4 nitrogen and oxygen atoms in total. The second kappa shape index (κ2) is 7.17. The number of rotatable bonds is 7. The van der Waals surface area contributed by atoms with Crippen LogP contribution in [-0.2, 0) is 0 Å². The fourth-order valence-corrected chi connectivity index (χ4v) is 2.38. The third-order valence-corrected chi connectivity index (χ3v) is 4.43. The van der Waals surface area contributed by atoms with Crippen molar-refractivity contribution in [1.82, 2.24) is 10.3 Å². The van der Waals surface area contributed by atoms with Crippen LogP contribution in [0.3, 0.4) is 0 Å². The normalized spacial score (nSPS) is 11.6.